The Labute approximate surface area is 106 Å². The number of rotatable bonds is 2. The first-order valence-corrected chi connectivity index (χ1v) is 5.61. The van der Waals surface area contributed by atoms with Crippen molar-refractivity contribution in [2.75, 3.05) is 0 Å². The van der Waals surface area contributed by atoms with Crippen LogP contribution < -0.4 is 0 Å². The quantitative estimate of drug-likeness (QED) is 0.776. The molecule has 0 spiro atoms. The minimum Gasteiger partial charge on any atom is -0.450 e. The third-order valence-corrected chi connectivity index (χ3v) is 2.58. The van der Waals surface area contributed by atoms with Crippen molar-refractivity contribution in [1.29, 1.82) is 5.26 Å². The topological polar surface area (TPSA) is 36.9 Å². The highest BCUT2D eigenvalue weighted by molar-refractivity contribution is 9.10. The number of hydrogen-bond acceptors (Lipinski definition) is 2. The van der Waals surface area contributed by atoms with Crippen LogP contribution in [0.3, 0.4) is 0 Å². The SMILES string of the molecule is N#C/C(=C\c1ccc(Br)o1)c1ccc(F)cc1. The zero-order valence-corrected chi connectivity index (χ0v) is 10.2. The van der Waals surface area contributed by atoms with E-state index in [-0.39, 0.29) is 5.82 Å². The Morgan fingerprint density at radius 2 is 1.94 bits per heavy atom. The molecule has 1 heterocycles. The lowest BCUT2D eigenvalue weighted by Crippen LogP contribution is -1.82. The van der Waals surface area contributed by atoms with Gasteiger partial charge >= 0.3 is 0 Å². The molecule has 17 heavy (non-hydrogen) atoms. The summed E-state index contributed by atoms with van der Waals surface area (Å²) >= 11 is 3.18. The van der Waals surface area contributed by atoms with Gasteiger partial charge in [-0.05, 0) is 51.8 Å². The predicted octanol–water partition coefficient (Wildman–Crippen LogP) is 4.25. The summed E-state index contributed by atoms with van der Waals surface area (Å²) in [6, 6.07) is 11.3. The Kier molecular flexibility index (Phi) is 3.40. The summed E-state index contributed by atoms with van der Waals surface area (Å²) in [5, 5.41) is 9.05. The molecule has 0 saturated carbocycles. The third kappa shape index (κ3) is 2.83. The van der Waals surface area contributed by atoms with Gasteiger partial charge in [-0.15, -0.1) is 0 Å². The lowest BCUT2D eigenvalue weighted by atomic mass is 10.1. The van der Waals surface area contributed by atoms with Gasteiger partial charge in [0.25, 0.3) is 0 Å². The zero-order chi connectivity index (χ0) is 12.3. The molecular weight excluding hydrogens is 285 g/mol. The van der Waals surface area contributed by atoms with Crippen LogP contribution in [-0.2, 0) is 0 Å². The summed E-state index contributed by atoms with van der Waals surface area (Å²) in [6.45, 7) is 0. The van der Waals surface area contributed by atoms with Crippen molar-refractivity contribution in [2.45, 2.75) is 0 Å². The Hall–Kier alpha value is -1.86. The van der Waals surface area contributed by atoms with Crippen LogP contribution in [0.5, 0.6) is 0 Å². The molecule has 0 aliphatic rings. The Morgan fingerprint density at radius 3 is 2.47 bits per heavy atom. The molecule has 1 aromatic heterocycles. The summed E-state index contributed by atoms with van der Waals surface area (Å²) in [7, 11) is 0. The van der Waals surface area contributed by atoms with Crippen molar-refractivity contribution in [2.24, 2.45) is 0 Å². The minimum atomic E-state index is -0.327. The van der Waals surface area contributed by atoms with Gasteiger partial charge in [-0.2, -0.15) is 5.26 Å². The van der Waals surface area contributed by atoms with Crippen LogP contribution >= 0.6 is 15.9 Å². The van der Waals surface area contributed by atoms with Crippen LogP contribution in [0.15, 0.2) is 45.5 Å². The standard InChI is InChI=1S/C13H7BrFNO/c14-13-6-5-12(17-13)7-10(8-16)9-1-3-11(15)4-2-9/h1-7H/b10-7+. The van der Waals surface area contributed by atoms with Gasteiger partial charge in [0.2, 0.25) is 0 Å². The van der Waals surface area contributed by atoms with Gasteiger partial charge in [0.1, 0.15) is 11.6 Å². The first-order valence-electron chi connectivity index (χ1n) is 4.82. The van der Waals surface area contributed by atoms with Crippen LogP contribution in [-0.4, -0.2) is 0 Å². The van der Waals surface area contributed by atoms with E-state index in [1.807, 2.05) is 0 Å². The fraction of sp³-hybridized carbons (Fsp3) is 0. The van der Waals surface area contributed by atoms with Gasteiger partial charge in [0.15, 0.2) is 4.67 Å². The Morgan fingerprint density at radius 1 is 1.24 bits per heavy atom. The fourth-order valence-electron chi connectivity index (χ4n) is 1.36. The summed E-state index contributed by atoms with van der Waals surface area (Å²) in [5.41, 5.74) is 1.08. The summed E-state index contributed by atoms with van der Waals surface area (Å²) in [6.07, 6.45) is 1.61. The molecule has 0 aliphatic heterocycles. The molecule has 0 radical (unpaired) electrons. The van der Waals surface area contributed by atoms with Gasteiger partial charge in [-0.3, -0.25) is 0 Å². The molecule has 4 heteroatoms. The monoisotopic (exact) mass is 291 g/mol. The smallest absolute Gasteiger partial charge is 0.169 e. The van der Waals surface area contributed by atoms with E-state index in [0.717, 1.165) is 0 Å². The van der Waals surface area contributed by atoms with Crippen LogP contribution in [0, 0.1) is 17.1 Å². The molecule has 0 N–H and O–H groups in total. The fourth-order valence-corrected chi connectivity index (χ4v) is 1.68. The number of nitriles is 1. The average molecular weight is 292 g/mol. The zero-order valence-electron chi connectivity index (χ0n) is 8.65. The molecule has 0 saturated heterocycles. The average Bonchev–Trinajstić information content (AvgIpc) is 2.73. The Balaban J connectivity index is 2.37. The van der Waals surface area contributed by atoms with Crippen molar-refractivity contribution in [3.05, 3.63) is 58.2 Å². The van der Waals surface area contributed by atoms with Crippen molar-refractivity contribution in [3.63, 3.8) is 0 Å². The maximum atomic E-state index is 12.8. The van der Waals surface area contributed by atoms with Gasteiger partial charge in [0, 0.05) is 0 Å². The van der Waals surface area contributed by atoms with E-state index in [1.165, 1.54) is 12.1 Å². The lowest BCUT2D eigenvalue weighted by molar-refractivity contribution is 0.532. The second-order valence-corrected chi connectivity index (χ2v) is 4.10. The summed E-state index contributed by atoms with van der Waals surface area (Å²) < 4.78 is 18.6. The third-order valence-electron chi connectivity index (χ3n) is 2.16. The molecule has 2 rings (SSSR count). The molecule has 0 bridgehead atoms. The van der Waals surface area contributed by atoms with E-state index < -0.39 is 0 Å². The van der Waals surface area contributed by atoms with Crippen LogP contribution in [0.25, 0.3) is 11.6 Å². The number of furan rings is 1. The maximum absolute atomic E-state index is 12.8. The number of benzene rings is 1. The van der Waals surface area contributed by atoms with E-state index in [9.17, 15) is 4.39 Å². The summed E-state index contributed by atoms with van der Waals surface area (Å²) in [5.74, 6) is 0.240. The molecule has 1 aromatic carbocycles. The number of hydrogen-bond donors (Lipinski definition) is 0. The number of halogens is 2. The molecular formula is C13H7BrFNO. The van der Waals surface area contributed by atoms with E-state index in [4.69, 9.17) is 9.68 Å². The van der Waals surface area contributed by atoms with E-state index in [0.29, 0.717) is 21.6 Å². The van der Waals surface area contributed by atoms with Crippen molar-refractivity contribution in [1.82, 2.24) is 0 Å². The van der Waals surface area contributed by atoms with Gasteiger partial charge < -0.3 is 4.42 Å². The molecule has 0 fully saturated rings. The molecule has 0 aliphatic carbocycles. The first-order chi connectivity index (χ1) is 8.19. The van der Waals surface area contributed by atoms with Crippen molar-refractivity contribution < 1.29 is 8.81 Å². The highest BCUT2D eigenvalue weighted by Gasteiger charge is 2.03. The minimum absolute atomic E-state index is 0.327. The largest absolute Gasteiger partial charge is 0.450 e. The second-order valence-electron chi connectivity index (χ2n) is 3.32. The number of allylic oxidation sites excluding steroid dienone is 1. The molecule has 2 nitrogen and oxygen atoms in total. The molecule has 0 amide bonds. The highest BCUT2D eigenvalue weighted by atomic mass is 79.9. The van der Waals surface area contributed by atoms with Gasteiger partial charge in [-0.25, -0.2) is 4.39 Å². The van der Waals surface area contributed by atoms with Gasteiger partial charge in [-0.1, -0.05) is 12.1 Å². The van der Waals surface area contributed by atoms with Gasteiger partial charge in [0.05, 0.1) is 11.6 Å². The van der Waals surface area contributed by atoms with E-state index in [2.05, 4.69) is 22.0 Å². The van der Waals surface area contributed by atoms with Crippen molar-refractivity contribution in [3.8, 4) is 6.07 Å². The molecule has 2 aromatic rings. The normalized spacial score (nSPS) is 11.2. The van der Waals surface area contributed by atoms with E-state index in [1.54, 1.807) is 30.3 Å². The molecule has 84 valence electrons. The molecule has 0 unspecified atom stereocenters. The van der Waals surface area contributed by atoms with E-state index >= 15 is 0 Å². The second kappa shape index (κ2) is 4.98. The summed E-state index contributed by atoms with van der Waals surface area (Å²) in [4.78, 5) is 0. The number of nitrogens with zero attached hydrogens (tertiary/aromatic N) is 1. The molecule has 0 atom stereocenters. The van der Waals surface area contributed by atoms with Crippen LogP contribution in [0.1, 0.15) is 11.3 Å². The van der Waals surface area contributed by atoms with Crippen LogP contribution in [0.4, 0.5) is 4.39 Å². The maximum Gasteiger partial charge on any atom is 0.169 e. The lowest BCUT2D eigenvalue weighted by Gasteiger charge is -1.97. The first kappa shape index (κ1) is 11.6. The highest BCUT2D eigenvalue weighted by Crippen LogP contribution is 2.21. The Bertz CT molecular complexity index is 593. The predicted molar refractivity (Wildman–Crippen MR) is 66.3 cm³/mol. The van der Waals surface area contributed by atoms with Crippen LogP contribution in [0.2, 0.25) is 0 Å². The van der Waals surface area contributed by atoms with Crippen molar-refractivity contribution >= 4 is 27.6 Å².